The van der Waals surface area contributed by atoms with Gasteiger partial charge in [-0.15, -0.1) is 0 Å². The van der Waals surface area contributed by atoms with Crippen LogP contribution >= 0.6 is 23.4 Å². The number of carbonyl (C=O) groups excluding carboxylic acids is 1. The second-order valence-electron chi connectivity index (χ2n) is 6.85. The number of hydrogen-bond acceptors (Lipinski definition) is 6. The fourth-order valence-corrected chi connectivity index (χ4v) is 4.36. The van der Waals surface area contributed by atoms with Crippen LogP contribution in [0.3, 0.4) is 0 Å². The second kappa shape index (κ2) is 9.26. The van der Waals surface area contributed by atoms with Crippen LogP contribution in [-0.2, 0) is 20.8 Å². The molecule has 0 radical (unpaired) electrons. The van der Waals surface area contributed by atoms with Gasteiger partial charge in [-0.1, -0.05) is 23.4 Å². The van der Waals surface area contributed by atoms with Crippen molar-refractivity contribution in [3.63, 3.8) is 0 Å². The number of morpholine rings is 1. The summed E-state index contributed by atoms with van der Waals surface area (Å²) in [4.78, 5) is 32.0. The van der Waals surface area contributed by atoms with Crippen LogP contribution in [0.25, 0.3) is 10.9 Å². The Hall–Kier alpha value is -1.61. The van der Waals surface area contributed by atoms with E-state index in [1.807, 2.05) is 13.8 Å². The lowest BCUT2D eigenvalue weighted by Crippen LogP contribution is -2.48. The molecule has 152 valence electrons. The first-order chi connectivity index (χ1) is 13.4. The number of ether oxygens (including phenoxy) is 2. The molecule has 2 aromatic rings. The number of benzene rings is 1. The van der Waals surface area contributed by atoms with Crippen molar-refractivity contribution in [3.05, 3.63) is 33.6 Å². The lowest BCUT2D eigenvalue weighted by Gasteiger charge is -2.35. The fraction of sp³-hybridized carbons (Fsp3) is 0.526. The van der Waals surface area contributed by atoms with E-state index >= 15 is 0 Å². The van der Waals surface area contributed by atoms with Gasteiger partial charge in [-0.2, -0.15) is 0 Å². The van der Waals surface area contributed by atoms with Crippen LogP contribution in [0.15, 0.2) is 28.2 Å². The van der Waals surface area contributed by atoms with E-state index < -0.39 is 0 Å². The maximum absolute atomic E-state index is 12.9. The summed E-state index contributed by atoms with van der Waals surface area (Å²) < 4.78 is 12.4. The molecule has 1 fully saturated rings. The van der Waals surface area contributed by atoms with Crippen LogP contribution < -0.4 is 5.56 Å². The summed E-state index contributed by atoms with van der Waals surface area (Å²) in [6.45, 7) is 5.80. The molecule has 7 nitrogen and oxygen atoms in total. The topological polar surface area (TPSA) is 73.7 Å². The molecule has 2 atom stereocenters. The van der Waals surface area contributed by atoms with Crippen molar-refractivity contribution in [1.29, 1.82) is 0 Å². The van der Waals surface area contributed by atoms with Gasteiger partial charge >= 0.3 is 0 Å². The molecule has 0 unspecified atom stereocenters. The lowest BCUT2D eigenvalue weighted by atomic mass is 10.2. The van der Waals surface area contributed by atoms with E-state index in [1.165, 1.54) is 11.8 Å². The van der Waals surface area contributed by atoms with Gasteiger partial charge in [-0.25, -0.2) is 4.98 Å². The molecule has 2 heterocycles. The Morgan fingerprint density at radius 1 is 1.36 bits per heavy atom. The molecule has 9 heteroatoms. The maximum Gasteiger partial charge on any atom is 0.262 e. The Morgan fingerprint density at radius 2 is 2.07 bits per heavy atom. The molecule has 0 bridgehead atoms. The predicted octanol–water partition coefficient (Wildman–Crippen LogP) is 2.42. The fourth-order valence-electron chi connectivity index (χ4n) is 3.26. The quantitative estimate of drug-likeness (QED) is 0.522. The van der Waals surface area contributed by atoms with Crippen molar-refractivity contribution in [2.75, 3.05) is 32.6 Å². The summed E-state index contributed by atoms with van der Waals surface area (Å²) in [5, 5.41) is 1.49. The van der Waals surface area contributed by atoms with Crippen molar-refractivity contribution in [3.8, 4) is 0 Å². The van der Waals surface area contributed by atoms with Gasteiger partial charge in [0.2, 0.25) is 5.91 Å². The van der Waals surface area contributed by atoms with E-state index in [0.717, 1.165) is 0 Å². The highest BCUT2D eigenvalue weighted by Crippen LogP contribution is 2.21. The third-order valence-corrected chi connectivity index (χ3v) is 5.69. The number of rotatable bonds is 6. The molecular weight excluding hydrogens is 402 g/mol. The maximum atomic E-state index is 12.9. The largest absolute Gasteiger partial charge is 0.383 e. The first-order valence-electron chi connectivity index (χ1n) is 9.14. The Morgan fingerprint density at radius 3 is 2.75 bits per heavy atom. The molecule has 3 rings (SSSR count). The third-order valence-electron chi connectivity index (χ3n) is 4.50. The number of carbonyl (C=O) groups is 1. The lowest BCUT2D eigenvalue weighted by molar-refractivity contribution is -0.140. The normalized spacial score (nSPS) is 19.9. The highest BCUT2D eigenvalue weighted by atomic mass is 35.5. The smallest absolute Gasteiger partial charge is 0.262 e. The monoisotopic (exact) mass is 425 g/mol. The molecule has 1 aliphatic rings. The molecule has 0 aliphatic carbocycles. The summed E-state index contributed by atoms with van der Waals surface area (Å²) in [6.07, 6.45) is 0.0250. The molecule has 0 saturated carbocycles. The summed E-state index contributed by atoms with van der Waals surface area (Å²) in [5.41, 5.74) is 0.358. The van der Waals surface area contributed by atoms with Gasteiger partial charge in [0.1, 0.15) is 0 Å². The molecule has 0 N–H and O–H groups in total. The summed E-state index contributed by atoms with van der Waals surface area (Å²) in [7, 11) is 1.58. The Balaban J connectivity index is 1.84. The highest BCUT2D eigenvalue weighted by Gasteiger charge is 2.26. The van der Waals surface area contributed by atoms with E-state index in [4.69, 9.17) is 21.1 Å². The van der Waals surface area contributed by atoms with E-state index in [2.05, 4.69) is 4.98 Å². The van der Waals surface area contributed by atoms with Gasteiger partial charge in [0.15, 0.2) is 5.16 Å². The Labute approximate surface area is 173 Å². The summed E-state index contributed by atoms with van der Waals surface area (Å²) in [6, 6.07) is 5.01. The molecule has 1 aliphatic heterocycles. The van der Waals surface area contributed by atoms with Crippen molar-refractivity contribution in [2.24, 2.45) is 0 Å². The Kier molecular flexibility index (Phi) is 6.98. The van der Waals surface area contributed by atoms with Crippen LogP contribution in [0.1, 0.15) is 13.8 Å². The average Bonchev–Trinajstić information content (AvgIpc) is 2.64. The van der Waals surface area contributed by atoms with E-state index in [1.54, 1.807) is 34.8 Å². The first-order valence-corrected chi connectivity index (χ1v) is 10.5. The first kappa shape index (κ1) is 21.1. The standard InChI is InChI=1S/C19H24ClN3O4S/c1-12-9-22(10-13(2)27-12)17(24)11-28-19-21-16-8-14(20)4-5-15(16)18(25)23(19)6-7-26-3/h4-5,8,12-13H,6-7,9-11H2,1-3H3/t12-,13+. The number of aromatic nitrogens is 2. The summed E-state index contributed by atoms with van der Waals surface area (Å²) >= 11 is 7.31. The van der Waals surface area contributed by atoms with Gasteiger partial charge in [-0.3, -0.25) is 14.2 Å². The molecule has 0 spiro atoms. The SMILES string of the molecule is COCCn1c(SCC(=O)N2C[C@@H](C)O[C@@H](C)C2)nc2cc(Cl)ccc2c1=O. The van der Waals surface area contributed by atoms with E-state index in [-0.39, 0.29) is 29.4 Å². The van der Waals surface area contributed by atoms with Gasteiger partial charge in [0.05, 0.1) is 42.0 Å². The van der Waals surface area contributed by atoms with Crippen LogP contribution in [0.5, 0.6) is 0 Å². The molecule has 1 amide bonds. The Bertz CT molecular complexity index is 910. The second-order valence-corrected chi connectivity index (χ2v) is 8.23. The van der Waals surface area contributed by atoms with Crippen molar-refractivity contribution in [1.82, 2.24) is 14.5 Å². The van der Waals surface area contributed by atoms with Crippen LogP contribution in [0, 0.1) is 0 Å². The molecular formula is C19H24ClN3O4S. The van der Waals surface area contributed by atoms with Crippen molar-refractivity contribution in [2.45, 2.75) is 37.8 Å². The summed E-state index contributed by atoms with van der Waals surface area (Å²) in [5.74, 6) is 0.205. The van der Waals surface area contributed by atoms with Gasteiger partial charge < -0.3 is 14.4 Å². The number of thioether (sulfide) groups is 1. The number of halogens is 1. The van der Waals surface area contributed by atoms with Crippen LogP contribution in [-0.4, -0.2) is 65.1 Å². The number of methoxy groups -OCH3 is 1. The zero-order valence-corrected chi connectivity index (χ0v) is 17.8. The molecule has 1 saturated heterocycles. The average molecular weight is 426 g/mol. The minimum Gasteiger partial charge on any atom is -0.383 e. The third kappa shape index (κ3) is 4.86. The zero-order valence-electron chi connectivity index (χ0n) is 16.2. The van der Waals surface area contributed by atoms with Gasteiger partial charge in [-0.05, 0) is 32.0 Å². The number of amides is 1. The molecule has 1 aromatic heterocycles. The minimum atomic E-state index is -0.165. The van der Waals surface area contributed by atoms with Gasteiger partial charge in [0, 0.05) is 25.2 Å². The molecule has 1 aromatic carbocycles. The highest BCUT2D eigenvalue weighted by molar-refractivity contribution is 7.99. The predicted molar refractivity (Wildman–Crippen MR) is 110 cm³/mol. The van der Waals surface area contributed by atoms with Gasteiger partial charge in [0.25, 0.3) is 5.56 Å². The van der Waals surface area contributed by atoms with Crippen molar-refractivity contribution < 1.29 is 14.3 Å². The zero-order chi connectivity index (χ0) is 20.3. The number of fused-ring (bicyclic) bond motifs is 1. The van der Waals surface area contributed by atoms with E-state index in [0.29, 0.717) is 47.3 Å². The van der Waals surface area contributed by atoms with Crippen LogP contribution in [0.4, 0.5) is 0 Å². The number of hydrogen-bond donors (Lipinski definition) is 0. The van der Waals surface area contributed by atoms with Crippen molar-refractivity contribution >= 4 is 40.2 Å². The minimum absolute atomic E-state index is 0.00531. The number of nitrogens with zero attached hydrogens (tertiary/aromatic N) is 3. The molecule has 28 heavy (non-hydrogen) atoms. The van der Waals surface area contributed by atoms with Crippen LogP contribution in [0.2, 0.25) is 5.02 Å². The van der Waals surface area contributed by atoms with E-state index in [9.17, 15) is 9.59 Å².